The van der Waals surface area contributed by atoms with Gasteiger partial charge in [0.05, 0.1) is 0 Å². The van der Waals surface area contributed by atoms with Gasteiger partial charge < -0.3 is 4.98 Å². The SMILES string of the molecule is [Na+].[c-]1ccc2cccnc2c1. The van der Waals surface area contributed by atoms with Gasteiger partial charge in [-0.25, -0.2) is 0 Å². The smallest absolute Gasteiger partial charge is 0.321 e. The minimum atomic E-state index is 0. The zero-order chi connectivity index (χ0) is 6.81. The van der Waals surface area contributed by atoms with Crippen molar-refractivity contribution in [1.82, 2.24) is 4.98 Å². The average Bonchev–Trinajstić information content (AvgIpc) is 2.05. The summed E-state index contributed by atoms with van der Waals surface area (Å²) < 4.78 is 0. The molecule has 0 fully saturated rings. The first-order valence-corrected chi connectivity index (χ1v) is 3.18. The van der Waals surface area contributed by atoms with Crippen LogP contribution in [0.15, 0.2) is 36.5 Å². The third kappa shape index (κ3) is 1.80. The van der Waals surface area contributed by atoms with Gasteiger partial charge >= 0.3 is 29.6 Å². The Bertz CT molecular complexity index is 281. The van der Waals surface area contributed by atoms with Crippen molar-refractivity contribution in [3.63, 3.8) is 0 Å². The molecule has 1 nitrogen and oxygen atoms in total. The summed E-state index contributed by atoms with van der Waals surface area (Å²) in [6, 6.07) is 12.7. The summed E-state index contributed by atoms with van der Waals surface area (Å²) in [4.78, 5) is 4.15. The van der Waals surface area contributed by atoms with Crippen molar-refractivity contribution in [2.45, 2.75) is 0 Å². The van der Waals surface area contributed by atoms with Crippen LogP contribution >= 0.6 is 0 Å². The van der Waals surface area contributed by atoms with E-state index in [1.807, 2.05) is 30.3 Å². The number of aromatic nitrogens is 1. The summed E-state index contributed by atoms with van der Waals surface area (Å²) in [5, 5.41) is 1.17. The molecular weight excluding hydrogens is 145 g/mol. The standard InChI is InChI=1S/C9H6N.Na/c1-2-6-9-8(4-1)5-3-7-10-9;/h1,3-7H;/q-1;+1. The molecule has 0 saturated carbocycles. The zero-order valence-corrected chi connectivity index (χ0v) is 8.41. The topological polar surface area (TPSA) is 12.9 Å². The maximum atomic E-state index is 4.15. The third-order valence-electron chi connectivity index (χ3n) is 1.45. The molecule has 0 N–H and O–H groups in total. The van der Waals surface area contributed by atoms with E-state index in [0.29, 0.717) is 0 Å². The first kappa shape index (κ1) is 8.72. The first-order chi connectivity index (χ1) is 4.97. The molecule has 0 aliphatic heterocycles. The molecule has 11 heavy (non-hydrogen) atoms. The Hall–Kier alpha value is -0.370. The molecule has 0 aliphatic rings. The van der Waals surface area contributed by atoms with E-state index in [0.717, 1.165) is 5.52 Å². The molecule has 0 radical (unpaired) electrons. The van der Waals surface area contributed by atoms with Crippen LogP contribution in [0.25, 0.3) is 10.9 Å². The molecule has 1 heterocycles. The van der Waals surface area contributed by atoms with Gasteiger partial charge in [-0.05, 0) is 11.6 Å². The fraction of sp³-hybridized carbons (Fsp3) is 0. The van der Waals surface area contributed by atoms with Gasteiger partial charge in [-0.15, -0.1) is 5.39 Å². The van der Waals surface area contributed by atoms with Crippen LogP contribution in [0.5, 0.6) is 0 Å². The van der Waals surface area contributed by atoms with Crippen molar-refractivity contribution in [2.24, 2.45) is 0 Å². The van der Waals surface area contributed by atoms with Crippen LogP contribution in [0.3, 0.4) is 0 Å². The molecule has 2 rings (SSSR count). The van der Waals surface area contributed by atoms with Crippen molar-refractivity contribution in [2.75, 3.05) is 0 Å². The Kier molecular flexibility index (Phi) is 3.06. The number of hydrogen-bond acceptors (Lipinski definition) is 1. The van der Waals surface area contributed by atoms with E-state index in [9.17, 15) is 0 Å². The van der Waals surface area contributed by atoms with Gasteiger partial charge in [0.15, 0.2) is 0 Å². The first-order valence-electron chi connectivity index (χ1n) is 3.18. The van der Waals surface area contributed by atoms with Gasteiger partial charge in [-0.2, -0.15) is 24.3 Å². The van der Waals surface area contributed by atoms with Gasteiger partial charge in [-0.1, -0.05) is 6.07 Å². The molecule has 0 spiro atoms. The third-order valence-corrected chi connectivity index (χ3v) is 1.45. The fourth-order valence-corrected chi connectivity index (χ4v) is 0.956. The van der Waals surface area contributed by atoms with Crippen molar-refractivity contribution in [3.05, 3.63) is 42.6 Å². The van der Waals surface area contributed by atoms with Crippen molar-refractivity contribution in [1.29, 1.82) is 0 Å². The second kappa shape index (κ2) is 3.86. The van der Waals surface area contributed by atoms with E-state index in [4.69, 9.17) is 0 Å². The molecule has 2 heteroatoms. The van der Waals surface area contributed by atoms with Crippen LogP contribution in [0.1, 0.15) is 0 Å². The van der Waals surface area contributed by atoms with Crippen molar-refractivity contribution >= 4 is 10.9 Å². The number of rotatable bonds is 0. The largest absolute Gasteiger partial charge is 1.00 e. The second-order valence-electron chi connectivity index (χ2n) is 2.12. The molecule has 0 saturated heterocycles. The monoisotopic (exact) mass is 151 g/mol. The van der Waals surface area contributed by atoms with E-state index in [1.165, 1.54) is 5.39 Å². The fourth-order valence-electron chi connectivity index (χ4n) is 0.956. The summed E-state index contributed by atoms with van der Waals surface area (Å²) in [6.45, 7) is 0. The molecule has 0 aliphatic carbocycles. The van der Waals surface area contributed by atoms with Crippen LogP contribution in [-0.2, 0) is 0 Å². The van der Waals surface area contributed by atoms with Gasteiger partial charge in [0.1, 0.15) is 0 Å². The molecule has 1 aromatic carbocycles. The predicted molar refractivity (Wildman–Crippen MR) is 40.6 cm³/mol. The van der Waals surface area contributed by atoms with E-state index in [2.05, 4.69) is 11.1 Å². The molecule has 2 aromatic rings. The Morgan fingerprint density at radius 2 is 2.18 bits per heavy atom. The summed E-state index contributed by atoms with van der Waals surface area (Å²) in [7, 11) is 0. The number of pyridine rings is 1. The quantitative estimate of drug-likeness (QED) is 0.349. The van der Waals surface area contributed by atoms with Gasteiger partial charge in [-0.3, -0.25) is 0 Å². The van der Waals surface area contributed by atoms with Crippen LogP contribution < -0.4 is 29.6 Å². The van der Waals surface area contributed by atoms with E-state index < -0.39 is 0 Å². The molecule has 0 bridgehead atoms. The molecular formula is C9H6NNa. The number of benzene rings is 1. The Morgan fingerprint density at radius 1 is 1.27 bits per heavy atom. The van der Waals surface area contributed by atoms with Crippen LogP contribution in [0, 0.1) is 6.07 Å². The molecule has 0 unspecified atom stereocenters. The maximum absolute atomic E-state index is 4.15. The number of hydrogen-bond donors (Lipinski definition) is 0. The molecule has 0 atom stereocenters. The van der Waals surface area contributed by atoms with Crippen molar-refractivity contribution in [3.8, 4) is 0 Å². The summed E-state index contributed by atoms with van der Waals surface area (Å²) in [5.74, 6) is 0. The predicted octanol–water partition coefficient (Wildman–Crippen LogP) is -0.961. The van der Waals surface area contributed by atoms with Crippen molar-refractivity contribution < 1.29 is 29.6 Å². The number of fused-ring (bicyclic) bond motifs is 1. The summed E-state index contributed by atoms with van der Waals surface area (Å²) in [6.07, 6.45) is 1.79. The van der Waals surface area contributed by atoms with Gasteiger partial charge in [0.2, 0.25) is 0 Å². The molecule has 1 aromatic heterocycles. The number of nitrogens with zero attached hydrogens (tertiary/aromatic N) is 1. The second-order valence-corrected chi connectivity index (χ2v) is 2.12. The normalized spacial score (nSPS) is 9.09. The van der Waals surface area contributed by atoms with E-state index in [-0.39, 0.29) is 29.6 Å². The van der Waals surface area contributed by atoms with Crippen LogP contribution in [0.2, 0.25) is 0 Å². The Morgan fingerprint density at radius 3 is 3.00 bits per heavy atom. The Labute approximate surface area is 87.7 Å². The Balaban J connectivity index is 0.000000605. The van der Waals surface area contributed by atoms with Gasteiger partial charge in [0.25, 0.3) is 0 Å². The summed E-state index contributed by atoms with van der Waals surface area (Å²) in [5.41, 5.74) is 1.00. The maximum Gasteiger partial charge on any atom is 1.00 e. The molecule has 48 valence electrons. The van der Waals surface area contributed by atoms with E-state index in [1.54, 1.807) is 6.20 Å². The minimum Gasteiger partial charge on any atom is -0.321 e. The minimum absolute atomic E-state index is 0. The average molecular weight is 151 g/mol. The van der Waals surface area contributed by atoms with E-state index >= 15 is 0 Å². The molecule has 0 amide bonds. The van der Waals surface area contributed by atoms with Gasteiger partial charge in [0, 0.05) is 6.20 Å². The van der Waals surface area contributed by atoms with Crippen LogP contribution in [0.4, 0.5) is 0 Å². The van der Waals surface area contributed by atoms with Crippen LogP contribution in [-0.4, -0.2) is 4.98 Å². The zero-order valence-electron chi connectivity index (χ0n) is 6.41. The summed E-state index contributed by atoms with van der Waals surface area (Å²) >= 11 is 0.